The molecule has 2 amide bonds. The number of phenolic OH excluding ortho intramolecular Hbond substituents is 1. The first kappa shape index (κ1) is 21.9. The zero-order valence-corrected chi connectivity index (χ0v) is 16.6. The molecular weight excluding hydrogens is 408 g/mol. The van der Waals surface area contributed by atoms with Crippen molar-refractivity contribution in [3.8, 4) is 17.2 Å². The van der Waals surface area contributed by atoms with E-state index in [0.29, 0.717) is 22.7 Å². The number of hydrogen-bond donors (Lipinski definition) is 4. The third-order valence-electron chi connectivity index (χ3n) is 4.28. The zero-order valence-electron chi connectivity index (χ0n) is 16.6. The molecule has 0 aromatic heterocycles. The fraction of sp³-hybridized carbons (Fsp3) is 0.238. The quantitative estimate of drug-likeness (QED) is 0.285. The molecule has 0 unspecified atom stereocenters. The van der Waals surface area contributed by atoms with Gasteiger partial charge in [0.1, 0.15) is 11.9 Å². The van der Waals surface area contributed by atoms with Crippen molar-refractivity contribution in [3.05, 3.63) is 60.2 Å². The molecule has 0 aliphatic carbocycles. The highest BCUT2D eigenvalue weighted by molar-refractivity contribution is 5.87. The van der Waals surface area contributed by atoms with Gasteiger partial charge >= 0.3 is 6.09 Å². The molecule has 4 N–H and O–H groups in total. The number of phenols is 1. The average molecular weight is 430 g/mol. The monoisotopic (exact) mass is 430 g/mol. The molecule has 0 fully saturated rings. The molecule has 164 valence electrons. The Labute approximate surface area is 177 Å². The van der Waals surface area contributed by atoms with E-state index >= 15 is 0 Å². The lowest BCUT2D eigenvalue weighted by Gasteiger charge is -2.25. The fourth-order valence-electron chi connectivity index (χ4n) is 2.88. The largest absolute Gasteiger partial charge is 0.508 e. The topological polar surface area (TPSA) is 136 Å². The van der Waals surface area contributed by atoms with Crippen LogP contribution in [0.2, 0.25) is 0 Å². The van der Waals surface area contributed by atoms with E-state index in [2.05, 4.69) is 5.32 Å². The number of rotatable bonds is 8. The predicted molar refractivity (Wildman–Crippen MR) is 108 cm³/mol. The SMILES string of the molecule is CCO[C@@H](/C=C/C(=O)NO)[C@@H](OC(=O)Nc1ccc2c(c1)OCO2)c1ccc(O)cc1. The number of nitrogens with one attached hydrogen (secondary N) is 2. The molecule has 3 rings (SSSR count). The van der Waals surface area contributed by atoms with E-state index in [1.54, 1.807) is 37.3 Å². The summed E-state index contributed by atoms with van der Waals surface area (Å²) in [6, 6.07) is 10.9. The van der Waals surface area contributed by atoms with Crippen molar-refractivity contribution >= 4 is 17.7 Å². The number of carbonyl (C=O) groups is 2. The molecule has 2 aromatic rings. The van der Waals surface area contributed by atoms with Crippen molar-refractivity contribution in [2.45, 2.75) is 19.1 Å². The highest BCUT2D eigenvalue weighted by Gasteiger charge is 2.27. The van der Waals surface area contributed by atoms with Crippen LogP contribution in [-0.2, 0) is 14.3 Å². The van der Waals surface area contributed by atoms with Crippen LogP contribution in [-0.4, -0.2) is 41.8 Å². The molecule has 2 atom stereocenters. The Hall–Kier alpha value is -3.76. The van der Waals surface area contributed by atoms with Crippen molar-refractivity contribution in [2.75, 3.05) is 18.7 Å². The lowest BCUT2D eigenvalue weighted by atomic mass is 10.0. The average Bonchev–Trinajstić information content (AvgIpc) is 3.23. The van der Waals surface area contributed by atoms with E-state index in [1.807, 2.05) is 0 Å². The summed E-state index contributed by atoms with van der Waals surface area (Å²) in [4.78, 5) is 24.0. The molecule has 0 bridgehead atoms. The third kappa shape index (κ3) is 5.87. The van der Waals surface area contributed by atoms with Crippen molar-refractivity contribution < 1.29 is 38.9 Å². The molecule has 1 aliphatic rings. The van der Waals surface area contributed by atoms with Gasteiger partial charge in [-0.15, -0.1) is 0 Å². The van der Waals surface area contributed by atoms with Gasteiger partial charge in [-0.2, -0.15) is 0 Å². The van der Waals surface area contributed by atoms with Gasteiger partial charge in [0.2, 0.25) is 6.79 Å². The van der Waals surface area contributed by atoms with Gasteiger partial charge in [-0.25, -0.2) is 10.3 Å². The summed E-state index contributed by atoms with van der Waals surface area (Å²) in [5.41, 5.74) is 2.44. The Balaban J connectivity index is 1.80. The maximum Gasteiger partial charge on any atom is 0.412 e. The Bertz CT molecular complexity index is 945. The van der Waals surface area contributed by atoms with E-state index in [-0.39, 0.29) is 19.1 Å². The lowest BCUT2D eigenvalue weighted by Crippen LogP contribution is -2.28. The van der Waals surface area contributed by atoms with Gasteiger partial charge in [0, 0.05) is 24.4 Å². The van der Waals surface area contributed by atoms with Crippen molar-refractivity contribution in [1.29, 1.82) is 0 Å². The maximum atomic E-state index is 12.6. The van der Waals surface area contributed by atoms with Gasteiger partial charge in [0.05, 0.1) is 0 Å². The van der Waals surface area contributed by atoms with Gasteiger partial charge in [-0.3, -0.25) is 15.3 Å². The lowest BCUT2D eigenvalue weighted by molar-refractivity contribution is -0.124. The van der Waals surface area contributed by atoms with Crippen LogP contribution < -0.4 is 20.3 Å². The van der Waals surface area contributed by atoms with Crippen LogP contribution in [0.25, 0.3) is 0 Å². The molecule has 10 nitrogen and oxygen atoms in total. The van der Waals surface area contributed by atoms with Gasteiger partial charge < -0.3 is 24.1 Å². The van der Waals surface area contributed by atoms with Gasteiger partial charge in [0.25, 0.3) is 5.91 Å². The first-order valence-electron chi connectivity index (χ1n) is 9.40. The van der Waals surface area contributed by atoms with E-state index in [9.17, 15) is 14.7 Å². The van der Waals surface area contributed by atoms with Crippen LogP contribution in [0, 0.1) is 0 Å². The van der Waals surface area contributed by atoms with E-state index in [4.69, 9.17) is 24.2 Å². The van der Waals surface area contributed by atoms with Crippen LogP contribution in [0.1, 0.15) is 18.6 Å². The fourth-order valence-corrected chi connectivity index (χ4v) is 2.88. The summed E-state index contributed by atoms with van der Waals surface area (Å²) in [6.07, 6.45) is -0.166. The van der Waals surface area contributed by atoms with Crippen LogP contribution in [0.15, 0.2) is 54.6 Å². The molecule has 1 aliphatic heterocycles. The van der Waals surface area contributed by atoms with E-state index < -0.39 is 24.2 Å². The molecule has 0 saturated carbocycles. The summed E-state index contributed by atoms with van der Waals surface area (Å²) >= 11 is 0. The van der Waals surface area contributed by atoms with Gasteiger partial charge in [0.15, 0.2) is 17.6 Å². The van der Waals surface area contributed by atoms with Crippen molar-refractivity contribution in [3.63, 3.8) is 0 Å². The van der Waals surface area contributed by atoms with Crippen LogP contribution >= 0.6 is 0 Å². The van der Waals surface area contributed by atoms with E-state index in [0.717, 1.165) is 6.08 Å². The predicted octanol–water partition coefficient (Wildman–Crippen LogP) is 2.88. The smallest absolute Gasteiger partial charge is 0.412 e. The molecule has 31 heavy (non-hydrogen) atoms. The summed E-state index contributed by atoms with van der Waals surface area (Å²) in [5.74, 6) is 0.345. The standard InChI is InChI=1S/C21H22N2O8/c1-2-28-17(9-10-19(25)23-27)20(13-3-6-15(24)7-4-13)31-21(26)22-14-5-8-16-18(11-14)30-12-29-16/h3-11,17,20,24,27H,2,12H2,1H3,(H,22,26)(H,23,25)/b10-9+/t17-,20-/m0/s1. The molecule has 0 radical (unpaired) electrons. The van der Waals surface area contributed by atoms with Crippen LogP contribution in [0.4, 0.5) is 10.5 Å². The first-order valence-corrected chi connectivity index (χ1v) is 9.40. The van der Waals surface area contributed by atoms with Crippen LogP contribution in [0.3, 0.4) is 0 Å². The second-order valence-electron chi connectivity index (χ2n) is 6.37. The molecule has 0 spiro atoms. The molecule has 1 heterocycles. The summed E-state index contributed by atoms with van der Waals surface area (Å²) in [7, 11) is 0. The van der Waals surface area contributed by atoms with E-state index in [1.165, 1.54) is 23.7 Å². The molecule has 0 saturated heterocycles. The number of hydrogen-bond acceptors (Lipinski definition) is 8. The number of ether oxygens (including phenoxy) is 4. The minimum absolute atomic E-state index is 0.0375. The zero-order chi connectivity index (χ0) is 22.2. The number of fused-ring (bicyclic) bond motifs is 1. The molecule has 10 heteroatoms. The number of anilines is 1. The minimum atomic E-state index is -0.961. The van der Waals surface area contributed by atoms with Crippen molar-refractivity contribution in [1.82, 2.24) is 5.48 Å². The van der Waals surface area contributed by atoms with Crippen molar-refractivity contribution in [2.24, 2.45) is 0 Å². The Morgan fingerprint density at radius 1 is 1.16 bits per heavy atom. The summed E-state index contributed by atoms with van der Waals surface area (Å²) in [5, 5.41) is 20.9. The number of aromatic hydroxyl groups is 1. The number of hydroxylamine groups is 1. The first-order chi connectivity index (χ1) is 15.0. The number of amides is 2. The number of benzene rings is 2. The Morgan fingerprint density at radius 3 is 2.61 bits per heavy atom. The Kier molecular flexibility index (Phi) is 7.31. The highest BCUT2D eigenvalue weighted by atomic mass is 16.7. The third-order valence-corrected chi connectivity index (χ3v) is 4.28. The van der Waals surface area contributed by atoms with Crippen LogP contribution in [0.5, 0.6) is 17.2 Å². The normalized spacial score (nSPS) is 14.1. The molecule has 2 aromatic carbocycles. The molecular formula is C21H22N2O8. The van der Waals surface area contributed by atoms with Gasteiger partial charge in [-0.05, 0) is 42.8 Å². The summed E-state index contributed by atoms with van der Waals surface area (Å²) in [6.45, 7) is 2.11. The maximum absolute atomic E-state index is 12.6. The minimum Gasteiger partial charge on any atom is -0.508 e. The Morgan fingerprint density at radius 2 is 1.90 bits per heavy atom. The van der Waals surface area contributed by atoms with Gasteiger partial charge in [-0.1, -0.05) is 12.1 Å². The number of carbonyl (C=O) groups excluding carboxylic acids is 2. The summed E-state index contributed by atoms with van der Waals surface area (Å²) < 4.78 is 21.8. The highest BCUT2D eigenvalue weighted by Crippen LogP contribution is 2.34. The second kappa shape index (κ2) is 10.3. The second-order valence-corrected chi connectivity index (χ2v) is 6.37.